The Kier molecular flexibility index (Phi) is 8.93. The van der Waals surface area contributed by atoms with Crippen LogP contribution in [0.15, 0.2) is 60.9 Å². The molecule has 3 aromatic heterocycles. The van der Waals surface area contributed by atoms with E-state index in [-0.39, 0.29) is 5.91 Å². The van der Waals surface area contributed by atoms with Gasteiger partial charge in [0.05, 0.1) is 49.0 Å². The van der Waals surface area contributed by atoms with Crippen molar-refractivity contribution in [3.63, 3.8) is 0 Å². The van der Waals surface area contributed by atoms with Gasteiger partial charge in [-0.2, -0.15) is 5.10 Å². The second-order valence-corrected chi connectivity index (χ2v) is 13.9. The van der Waals surface area contributed by atoms with E-state index >= 15 is 0 Å². The predicted octanol–water partition coefficient (Wildman–Crippen LogP) is 7.35. The van der Waals surface area contributed by atoms with Crippen LogP contribution >= 0.6 is 0 Å². The van der Waals surface area contributed by atoms with Crippen LogP contribution in [0.1, 0.15) is 90.2 Å². The third kappa shape index (κ3) is 6.67. The number of amides is 2. The van der Waals surface area contributed by atoms with Crippen molar-refractivity contribution in [1.29, 1.82) is 0 Å². The standard InChI is InChI=1S/C39H43N7O4/c1-3-4-17-50-39(48)42-37-33-24-49-23-32(33)31-11-5-25(18-36(31)41-37)21-45(38(47)27-9-12-34(40-20-27)26-6-7-26)30-10-8-28-22-46(43-35(28)19-30)29-13-15-44(2)16-14-29/h5,8-12,18-20,22,26,29H,3-4,6-7,13-17,21,23-24H2,1-2H3,(H,41,42,48). The first-order chi connectivity index (χ1) is 24.4. The van der Waals surface area contributed by atoms with Gasteiger partial charge in [-0.1, -0.05) is 25.5 Å². The monoisotopic (exact) mass is 673 g/mol. The van der Waals surface area contributed by atoms with E-state index in [9.17, 15) is 9.59 Å². The molecule has 11 heteroatoms. The van der Waals surface area contributed by atoms with E-state index in [1.807, 2.05) is 49.4 Å². The Hall–Kier alpha value is -4.87. The summed E-state index contributed by atoms with van der Waals surface area (Å²) in [6.45, 7) is 5.62. The van der Waals surface area contributed by atoms with E-state index in [0.29, 0.717) is 55.2 Å². The number of aromatic nitrogens is 4. The minimum absolute atomic E-state index is 0.137. The van der Waals surface area contributed by atoms with Crippen molar-refractivity contribution in [3.8, 4) is 0 Å². The summed E-state index contributed by atoms with van der Waals surface area (Å²) in [5.74, 6) is 0.817. The second kappa shape index (κ2) is 13.8. The average molecular weight is 674 g/mol. The number of ether oxygens (including phenoxy) is 2. The number of anilines is 2. The zero-order valence-electron chi connectivity index (χ0n) is 28.7. The van der Waals surface area contributed by atoms with Gasteiger partial charge >= 0.3 is 6.09 Å². The molecule has 0 atom stereocenters. The molecule has 1 aliphatic carbocycles. The summed E-state index contributed by atoms with van der Waals surface area (Å²) in [5.41, 5.74) is 6.68. The summed E-state index contributed by atoms with van der Waals surface area (Å²) in [7, 11) is 2.16. The summed E-state index contributed by atoms with van der Waals surface area (Å²) in [6.07, 6.45) is 9.48. The normalized spacial score (nSPS) is 16.5. The number of nitrogens with one attached hydrogen (secondary N) is 1. The second-order valence-electron chi connectivity index (χ2n) is 13.9. The van der Waals surface area contributed by atoms with Crippen LogP contribution in [0.4, 0.5) is 16.3 Å². The molecule has 0 radical (unpaired) electrons. The third-order valence-electron chi connectivity index (χ3n) is 10.2. The molecule has 258 valence electrons. The summed E-state index contributed by atoms with van der Waals surface area (Å²) in [6, 6.07) is 16.4. The van der Waals surface area contributed by atoms with E-state index in [4.69, 9.17) is 19.6 Å². The highest BCUT2D eigenvalue weighted by Crippen LogP contribution is 2.39. The minimum atomic E-state index is -0.526. The van der Waals surface area contributed by atoms with E-state index in [0.717, 1.165) is 96.0 Å². The largest absolute Gasteiger partial charge is 0.449 e. The lowest BCUT2D eigenvalue weighted by molar-refractivity contribution is 0.0984. The number of nitrogens with zero attached hydrogens (tertiary/aromatic N) is 6. The number of rotatable bonds is 10. The fourth-order valence-electron chi connectivity index (χ4n) is 7.05. The molecule has 50 heavy (non-hydrogen) atoms. The lowest BCUT2D eigenvalue weighted by Crippen LogP contribution is -2.31. The molecule has 5 aromatic rings. The Morgan fingerprint density at radius 3 is 2.62 bits per heavy atom. The first kappa shape index (κ1) is 32.3. The number of unbranched alkanes of at least 4 members (excludes halogenated alkanes) is 1. The summed E-state index contributed by atoms with van der Waals surface area (Å²) in [5, 5.41) is 9.85. The fraction of sp³-hybridized carbons (Fsp3) is 0.410. The molecule has 1 N–H and O–H groups in total. The quantitative estimate of drug-likeness (QED) is 0.153. The molecular weight excluding hydrogens is 630 g/mol. The van der Waals surface area contributed by atoms with Gasteiger partial charge < -0.3 is 19.3 Å². The highest BCUT2D eigenvalue weighted by atomic mass is 16.5. The van der Waals surface area contributed by atoms with Crippen molar-refractivity contribution in [2.24, 2.45) is 0 Å². The van der Waals surface area contributed by atoms with Crippen molar-refractivity contribution in [1.82, 2.24) is 24.6 Å². The highest BCUT2D eigenvalue weighted by molar-refractivity contribution is 6.06. The number of pyridine rings is 2. The number of likely N-dealkylation sites (tertiary alicyclic amines) is 1. The first-order valence-corrected chi connectivity index (χ1v) is 17.8. The van der Waals surface area contributed by atoms with Gasteiger partial charge in [-0.3, -0.25) is 19.8 Å². The lowest BCUT2D eigenvalue weighted by atomic mass is 10.0. The molecule has 1 saturated carbocycles. The predicted molar refractivity (Wildman–Crippen MR) is 192 cm³/mol. The molecular formula is C39H43N7O4. The van der Waals surface area contributed by atoms with Crippen LogP contribution < -0.4 is 10.2 Å². The molecule has 0 unspecified atom stereocenters. The van der Waals surface area contributed by atoms with Crippen LogP contribution in [0, 0.1) is 0 Å². The molecule has 5 heterocycles. The zero-order valence-corrected chi connectivity index (χ0v) is 28.7. The highest BCUT2D eigenvalue weighted by Gasteiger charge is 2.27. The number of piperidine rings is 1. The first-order valence-electron chi connectivity index (χ1n) is 17.8. The Bertz CT molecular complexity index is 2050. The average Bonchev–Trinajstić information content (AvgIpc) is 3.70. The minimum Gasteiger partial charge on any atom is -0.449 e. The van der Waals surface area contributed by atoms with E-state index in [2.05, 4.69) is 39.2 Å². The molecule has 2 aromatic carbocycles. The smallest absolute Gasteiger partial charge is 0.412 e. The van der Waals surface area contributed by atoms with Gasteiger partial charge in [-0.05, 0) is 99.8 Å². The van der Waals surface area contributed by atoms with Gasteiger partial charge in [0, 0.05) is 46.0 Å². The summed E-state index contributed by atoms with van der Waals surface area (Å²) < 4.78 is 13.2. The van der Waals surface area contributed by atoms with Crippen LogP contribution in [0.25, 0.3) is 21.8 Å². The van der Waals surface area contributed by atoms with Gasteiger partial charge in [0.15, 0.2) is 0 Å². The van der Waals surface area contributed by atoms with E-state index in [1.165, 1.54) is 0 Å². The number of carbonyl (C=O) groups is 2. The van der Waals surface area contributed by atoms with Crippen molar-refractivity contribution in [2.45, 2.75) is 77.2 Å². The maximum absolute atomic E-state index is 14.3. The molecule has 2 aliphatic heterocycles. The van der Waals surface area contributed by atoms with Crippen LogP contribution in [0.5, 0.6) is 0 Å². The molecule has 0 spiro atoms. The zero-order chi connectivity index (χ0) is 34.2. The van der Waals surface area contributed by atoms with E-state index in [1.54, 1.807) is 11.1 Å². The number of hydrogen-bond acceptors (Lipinski definition) is 8. The van der Waals surface area contributed by atoms with Gasteiger partial charge in [-0.25, -0.2) is 9.78 Å². The molecule has 2 fully saturated rings. The SMILES string of the molecule is CCCCOC(=O)Nc1nc2cc(CN(C(=O)c3ccc(C4CC4)nc3)c3ccc4cn(C5CCN(C)CC5)nc4c3)ccc2c2c1COC2. The number of benzene rings is 2. The Balaban J connectivity index is 1.12. The van der Waals surface area contributed by atoms with Gasteiger partial charge in [0.1, 0.15) is 5.82 Å². The van der Waals surface area contributed by atoms with Crippen molar-refractivity contribution < 1.29 is 19.1 Å². The number of hydrogen-bond donors (Lipinski definition) is 1. The van der Waals surface area contributed by atoms with Gasteiger partial charge in [-0.15, -0.1) is 0 Å². The summed E-state index contributed by atoms with van der Waals surface area (Å²) in [4.78, 5) is 40.6. The van der Waals surface area contributed by atoms with Gasteiger partial charge in [0.2, 0.25) is 0 Å². The Morgan fingerprint density at radius 2 is 1.84 bits per heavy atom. The maximum atomic E-state index is 14.3. The van der Waals surface area contributed by atoms with Crippen LogP contribution in [0.3, 0.4) is 0 Å². The van der Waals surface area contributed by atoms with Crippen molar-refractivity contribution in [3.05, 3.63) is 88.9 Å². The number of fused-ring (bicyclic) bond motifs is 4. The molecule has 1 saturated heterocycles. The topological polar surface area (TPSA) is 115 Å². The Morgan fingerprint density at radius 1 is 1.00 bits per heavy atom. The lowest BCUT2D eigenvalue weighted by Gasteiger charge is -2.28. The Labute approximate surface area is 291 Å². The van der Waals surface area contributed by atoms with Gasteiger partial charge in [0.25, 0.3) is 5.91 Å². The summed E-state index contributed by atoms with van der Waals surface area (Å²) >= 11 is 0. The van der Waals surface area contributed by atoms with Crippen molar-refractivity contribution in [2.75, 3.05) is 37.0 Å². The maximum Gasteiger partial charge on any atom is 0.412 e. The van der Waals surface area contributed by atoms with Crippen LogP contribution in [0.2, 0.25) is 0 Å². The molecule has 2 amide bonds. The molecule has 3 aliphatic rings. The van der Waals surface area contributed by atoms with Crippen LogP contribution in [-0.2, 0) is 29.2 Å². The third-order valence-corrected chi connectivity index (χ3v) is 10.2. The van der Waals surface area contributed by atoms with Crippen LogP contribution in [-0.4, -0.2) is 63.4 Å². The molecule has 0 bridgehead atoms. The van der Waals surface area contributed by atoms with E-state index < -0.39 is 6.09 Å². The fourth-order valence-corrected chi connectivity index (χ4v) is 7.05. The van der Waals surface area contributed by atoms with Crippen molar-refractivity contribution >= 4 is 45.3 Å². The molecule has 8 rings (SSSR count). The number of carbonyl (C=O) groups excluding carboxylic acids is 2. The molecule has 11 nitrogen and oxygen atoms in total.